The Morgan fingerprint density at radius 3 is 2.88 bits per heavy atom. The Morgan fingerprint density at radius 1 is 1.56 bits per heavy atom. The van der Waals surface area contributed by atoms with Gasteiger partial charge in [0.05, 0.1) is 10.5 Å². The number of nitrogen functional groups attached to an aromatic ring is 1. The van der Waals surface area contributed by atoms with Gasteiger partial charge in [0.15, 0.2) is 0 Å². The van der Waals surface area contributed by atoms with Crippen LogP contribution in [0.2, 0.25) is 0 Å². The molecule has 0 saturated carbocycles. The van der Waals surface area contributed by atoms with E-state index in [1.807, 2.05) is 13.1 Å². The highest BCUT2D eigenvalue weighted by atomic mass is 16.6. The number of rotatable bonds is 1. The van der Waals surface area contributed by atoms with E-state index in [0.717, 1.165) is 24.1 Å². The zero-order valence-corrected chi connectivity index (χ0v) is 9.43. The summed E-state index contributed by atoms with van der Waals surface area (Å²) in [5, 5.41) is 11.0. The average Bonchev–Trinajstić information content (AvgIpc) is 2.22. The molecule has 1 aliphatic rings. The van der Waals surface area contributed by atoms with Gasteiger partial charge in [-0.2, -0.15) is 0 Å². The van der Waals surface area contributed by atoms with E-state index in [4.69, 9.17) is 5.73 Å². The second-order valence-corrected chi connectivity index (χ2v) is 4.26. The number of hydrogen-bond acceptors (Lipinski definition) is 4. The summed E-state index contributed by atoms with van der Waals surface area (Å²) < 4.78 is 0. The summed E-state index contributed by atoms with van der Waals surface area (Å²) in [6.07, 6.45) is 1.65. The monoisotopic (exact) mass is 221 g/mol. The molecule has 2 N–H and O–H groups in total. The molecule has 0 radical (unpaired) electrons. The molecule has 0 amide bonds. The van der Waals surface area contributed by atoms with Gasteiger partial charge in [-0.15, -0.1) is 0 Å². The topological polar surface area (TPSA) is 72.4 Å². The maximum absolute atomic E-state index is 11.0. The number of nitro groups is 1. The third kappa shape index (κ3) is 1.48. The fourth-order valence-electron chi connectivity index (χ4n) is 2.22. The van der Waals surface area contributed by atoms with Gasteiger partial charge in [-0.3, -0.25) is 10.1 Å². The van der Waals surface area contributed by atoms with Crippen molar-refractivity contribution in [3.63, 3.8) is 0 Å². The van der Waals surface area contributed by atoms with Gasteiger partial charge in [0.25, 0.3) is 5.69 Å². The molecule has 0 bridgehead atoms. The van der Waals surface area contributed by atoms with Crippen molar-refractivity contribution >= 4 is 17.1 Å². The minimum Gasteiger partial charge on any atom is -0.393 e. The van der Waals surface area contributed by atoms with Crippen LogP contribution in [-0.4, -0.2) is 18.0 Å². The Balaban J connectivity index is 2.61. The van der Waals surface area contributed by atoms with E-state index in [0.29, 0.717) is 6.04 Å². The van der Waals surface area contributed by atoms with Gasteiger partial charge in [0.2, 0.25) is 0 Å². The second kappa shape index (κ2) is 3.66. The summed E-state index contributed by atoms with van der Waals surface area (Å²) in [6.45, 7) is 2.12. The summed E-state index contributed by atoms with van der Waals surface area (Å²) in [4.78, 5) is 12.7. The van der Waals surface area contributed by atoms with E-state index in [9.17, 15) is 10.1 Å². The molecule has 86 valence electrons. The standard InChI is InChI=1S/C11H15N3O2/c1-7-3-4-8-10(13(7)2)6-5-9(12)11(8)14(15)16/h5-7H,3-4,12H2,1-2H3. The van der Waals surface area contributed by atoms with Crippen LogP contribution in [0.5, 0.6) is 0 Å². The predicted octanol–water partition coefficient (Wildman–Crippen LogP) is 1.95. The van der Waals surface area contributed by atoms with E-state index >= 15 is 0 Å². The first-order chi connectivity index (χ1) is 7.52. The summed E-state index contributed by atoms with van der Waals surface area (Å²) in [6, 6.07) is 3.90. The molecule has 2 rings (SSSR count). The summed E-state index contributed by atoms with van der Waals surface area (Å²) in [7, 11) is 1.96. The van der Waals surface area contributed by atoms with Crippen molar-refractivity contribution in [3.05, 3.63) is 27.8 Å². The lowest BCUT2D eigenvalue weighted by molar-refractivity contribution is -0.384. The first kappa shape index (κ1) is 10.7. The summed E-state index contributed by atoms with van der Waals surface area (Å²) >= 11 is 0. The van der Waals surface area contributed by atoms with E-state index in [1.165, 1.54) is 0 Å². The van der Waals surface area contributed by atoms with Crippen LogP contribution in [0.3, 0.4) is 0 Å². The molecule has 0 aromatic heterocycles. The minimum absolute atomic E-state index is 0.0799. The highest BCUT2D eigenvalue weighted by Gasteiger charge is 2.28. The molecular formula is C11H15N3O2. The Labute approximate surface area is 94.0 Å². The lowest BCUT2D eigenvalue weighted by Crippen LogP contribution is -2.33. The SMILES string of the molecule is CC1CCc2c(ccc(N)c2[N+](=O)[O-])N1C. The molecule has 0 saturated heterocycles. The molecule has 1 atom stereocenters. The van der Waals surface area contributed by atoms with E-state index < -0.39 is 0 Å². The number of hydrogen-bond donors (Lipinski definition) is 1. The molecule has 0 spiro atoms. The predicted molar refractivity (Wildman–Crippen MR) is 63.7 cm³/mol. The van der Waals surface area contributed by atoms with Gasteiger partial charge < -0.3 is 10.6 Å². The van der Waals surface area contributed by atoms with Crippen molar-refractivity contribution in [1.29, 1.82) is 0 Å². The highest BCUT2D eigenvalue weighted by molar-refractivity contribution is 5.73. The van der Waals surface area contributed by atoms with Crippen LogP contribution in [0.4, 0.5) is 17.1 Å². The number of nitrogens with zero attached hydrogens (tertiary/aromatic N) is 2. The van der Waals surface area contributed by atoms with Crippen LogP contribution in [0.1, 0.15) is 18.9 Å². The van der Waals surface area contributed by atoms with Crippen LogP contribution in [0, 0.1) is 10.1 Å². The molecule has 0 fully saturated rings. The molecule has 1 unspecified atom stereocenters. The molecule has 1 aliphatic heterocycles. The molecular weight excluding hydrogens is 206 g/mol. The second-order valence-electron chi connectivity index (χ2n) is 4.26. The van der Waals surface area contributed by atoms with E-state index in [1.54, 1.807) is 6.07 Å². The molecule has 1 aromatic rings. The fourth-order valence-corrected chi connectivity index (χ4v) is 2.22. The lowest BCUT2D eigenvalue weighted by Gasteiger charge is -2.33. The smallest absolute Gasteiger partial charge is 0.297 e. The highest BCUT2D eigenvalue weighted by Crippen LogP contribution is 2.38. The van der Waals surface area contributed by atoms with Gasteiger partial charge >= 0.3 is 0 Å². The first-order valence-corrected chi connectivity index (χ1v) is 5.31. The Kier molecular flexibility index (Phi) is 2.46. The Hall–Kier alpha value is -1.78. The third-order valence-corrected chi connectivity index (χ3v) is 3.33. The number of anilines is 2. The maximum Gasteiger partial charge on any atom is 0.297 e. The average molecular weight is 221 g/mol. The molecule has 1 heterocycles. The summed E-state index contributed by atoms with van der Waals surface area (Å²) in [5.41, 5.74) is 7.70. The van der Waals surface area contributed by atoms with Gasteiger partial charge in [0.1, 0.15) is 5.69 Å². The van der Waals surface area contributed by atoms with Crippen molar-refractivity contribution in [3.8, 4) is 0 Å². The van der Waals surface area contributed by atoms with Crippen molar-refractivity contribution in [1.82, 2.24) is 0 Å². The molecule has 1 aromatic carbocycles. The normalized spacial score (nSPS) is 19.4. The van der Waals surface area contributed by atoms with Gasteiger partial charge in [-0.05, 0) is 31.9 Å². The van der Waals surface area contributed by atoms with Crippen LogP contribution in [0.15, 0.2) is 12.1 Å². The minimum atomic E-state index is -0.377. The van der Waals surface area contributed by atoms with Crippen LogP contribution >= 0.6 is 0 Å². The van der Waals surface area contributed by atoms with E-state index in [-0.39, 0.29) is 16.3 Å². The molecule has 5 nitrogen and oxygen atoms in total. The Bertz CT molecular complexity index is 445. The van der Waals surface area contributed by atoms with Crippen LogP contribution in [0.25, 0.3) is 0 Å². The Morgan fingerprint density at radius 2 is 2.25 bits per heavy atom. The maximum atomic E-state index is 11.0. The van der Waals surface area contributed by atoms with Crippen molar-refractivity contribution in [2.24, 2.45) is 0 Å². The largest absolute Gasteiger partial charge is 0.393 e. The number of benzene rings is 1. The van der Waals surface area contributed by atoms with Crippen molar-refractivity contribution < 1.29 is 4.92 Å². The van der Waals surface area contributed by atoms with Crippen molar-refractivity contribution in [2.45, 2.75) is 25.8 Å². The lowest BCUT2D eigenvalue weighted by atomic mass is 9.95. The fraction of sp³-hybridized carbons (Fsp3) is 0.455. The van der Waals surface area contributed by atoms with E-state index in [2.05, 4.69) is 11.8 Å². The van der Waals surface area contributed by atoms with Gasteiger partial charge in [-0.25, -0.2) is 0 Å². The third-order valence-electron chi connectivity index (χ3n) is 3.33. The van der Waals surface area contributed by atoms with Crippen LogP contribution < -0.4 is 10.6 Å². The zero-order chi connectivity index (χ0) is 11.9. The number of nitrogens with two attached hydrogens (primary N) is 1. The van der Waals surface area contributed by atoms with Gasteiger partial charge in [0, 0.05) is 18.8 Å². The molecule has 5 heteroatoms. The van der Waals surface area contributed by atoms with Gasteiger partial charge in [-0.1, -0.05) is 0 Å². The molecule has 16 heavy (non-hydrogen) atoms. The summed E-state index contributed by atoms with van der Waals surface area (Å²) in [5.74, 6) is 0. The van der Waals surface area contributed by atoms with Crippen molar-refractivity contribution in [2.75, 3.05) is 17.7 Å². The number of nitro benzene ring substituents is 1. The zero-order valence-electron chi connectivity index (χ0n) is 9.43. The van der Waals surface area contributed by atoms with Crippen LogP contribution in [-0.2, 0) is 6.42 Å². The first-order valence-electron chi connectivity index (χ1n) is 5.31. The quantitative estimate of drug-likeness (QED) is 0.447. The molecule has 0 aliphatic carbocycles. The number of fused-ring (bicyclic) bond motifs is 1.